The Morgan fingerprint density at radius 2 is 1.54 bits per heavy atom. The lowest BCUT2D eigenvalue weighted by molar-refractivity contribution is -0.138. The lowest BCUT2D eigenvalue weighted by atomic mass is 10.1. The molecule has 2 atom stereocenters. The van der Waals surface area contributed by atoms with Crippen LogP contribution >= 0.6 is 0 Å². The number of piperazine rings is 1. The van der Waals surface area contributed by atoms with Crippen LogP contribution in [0.5, 0.6) is 0 Å². The second kappa shape index (κ2) is 9.62. The molecule has 0 spiro atoms. The number of benzene rings is 2. The number of alkyl halides is 6. The van der Waals surface area contributed by atoms with Crippen LogP contribution in [0.3, 0.4) is 0 Å². The lowest BCUT2D eigenvalue weighted by Crippen LogP contribution is -2.51. The van der Waals surface area contributed by atoms with Crippen molar-refractivity contribution < 1.29 is 39.6 Å². The third-order valence-corrected chi connectivity index (χ3v) is 8.78. The summed E-state index contributed by atoms with van der Waals surface area (Å²) in [6.07, 6.45) is -7.62. The molecule has 1 aliphatic carbocycles. The molecule has 15 heteroatoms. The molecule has 0 bridgehead atoms. The number of nitrogens with one attached hydrogen (secondary N) is 1. The summed E-state index contributed by atoms with van der Waals surface area (Å²) < 4.78 is 107. The second-order valence-electron chi connectivity index (χ2n) is 9.40. The fourth-order valence-electron chi connectivity index (χ4n) is 4.69. The predicted octanol–water partition coefficient (Wildman–Crippen LogP) is 4.15. The number of halogens is 6. The number of amides is 1. The quantitative estimate of drug-likeness (QED) is 0.463. The maximum Gasteiger partial charge on any atom is 0.416 e. The van der Waals surface area contributed by atoms with Crippen LogP contribution in [0.15, 0.2) is 53.6 Å². The normalized spacial score (nSPS) is 20.7. The topological polar surface area (TPSA) is 99.3 Å². The summed E-state index contributed by atoms with van der Waals surface area (Å²) in [7, 11) is -4.34. The Labute approximate surface area is 218 Å². The van der Waals surface area contributed by atoms with Gasteiger partial charge in [0, 0.05) is 37.7 Å². The Hall–Kier alpha value is -3.46. The minimum absolute atomic E-state index is 0.0312. The highest BCUT2D eigenvalue weighted by atomic mass is 32.2. The molecule has 0 unspecified atom stereocenters. The monoisotopic (exact) mass is 573 g/mol. The summed E-state index contributed by atoms with van der Waals surface area (Å²) in [4.78, 5) is 13.9. The molecule has 1 saturated heterocycles. The van der Waals surface area contributed by atoms with E-state index in [1.54, 1.807) is 0 Å². The van der Waals surface area contributed by atoms with Crippen LogP contribution in [0.2, 0.25) is 0 Å². The Balaban J connectivity index is 1.26. The van der Waals surface area contributed by atoms with Crippen LogP contribution in [0.25, 0.3) is 11.3 Å². The van der Waals surface area contributed by atoms with E-state index in [2.05, 4.69) is 15.4 Å². The molecule has 1 amide bonds. The zero-order valence-electron chi connectivity index (χ0n) is 20.0. The minimum Gasteiger partial charge on any atom is -0.340 e. The van der Waals surface area contributed by atoms with Gasteiger partial charge in [0.1, 0.15) is 5.69 Å². The molecule has 3 aromatic rings. The predicted molar refractivity (Wildman–Crippen MR) is 124 cm³/mol. The number of rotatable bonds is 5. The molecule has 208 valence electrons. The number of aromatic nitrogens is 3. The zero-order valence-corrected chi connectivity index (χ0v) is 20.8. The van der Waals surface area contributed by atoms with E-state index in [4.69, 9.17) is 0 Å². The Morgan fingerprint density at radius 3 is 2.10 bits per heavy atom. The van der Waals surface area contributed by atoms with Crippen molar-refractivity contribution in [3.8, 4) is 11.3 Å². The van der Waals surface area contributed by atoms with Crippen molar-refractivity contribution in [1.82, 2.24) is 24.6 Å². The Bertz CT molecular complexity index is 1470. The number of sulfonamides is 1. The van der Waals surface area contributed by atoms with Gasteiger partial charge in [-0.3, -0.25) is 4.79 Å². The molecule has 1 N–H and O–H groups in total. The fraction of sp³-hybridized carbons (Fsp3) is 0.375. The third kappa shape index (κ3) is 5.50. The minimum atomic E-state index is -4.80. The van der Waals surface area contributed by atoms with E-state index in [0.717, 1.165) is 28.6 Å². The van der Waals surface area contributed by atoms with Crippen molar-refractivity contribution in [1.29, 1.82) is 0 Å². The SMILES string of the molecule is O=C([C@@H]1C[C@H]1c1ccc(C(F)(F)F)cc1)N1CCN(S(=O)(=O)c2cc(-c3cn[nH]n3)cc(C(F)(F)F)c2)CC1. The van der Waals surface area contributed by atoms with E-state index < -0.39 is 44.3 Å². The van der Waals surface area contributed by atoms with Gasteiger partial charge in [0.15, 0.2) is 0 Å². The summed E-state index contributed by atoms with van der Waals surface area (Å²) in [5.41, 5.74) is -1.34. The summed E-state index contributed by atoms with van der Waals surface area (Å²) in [5, 5.41) is 9.56. The van der Waals surface area contributed by atoms with Crippen LogP contribution in [0.4, 0.5) is 26.3 Å². The highest BCUT2D eigenvalue weighted by Crippen LogP contribution is 2.49. The second-order valence-corrected chi connectivity index (χ2v) is 11.3. The molecule has 2 heterocycles. The molecule has 0 radical (unpaired) electrons. The first-order chi connectivity index (χ1) is 18.2. The highest BCUT2D eigenvalue weighted by molar-refractivity contribution is 7.89. The molecule has 2 fully saturated rings. The van der Waals surface area contributed by atoms with Gasteiger partial charge >= 0.3 is 12.4 Å². The van der Waals surface area contributed by atoms with Crippen molar-refractivity contribution in [2.45, 2.75) is 29.6 Å². The molecule has 1 aromatic heterocycles. The van der Waals surface area contributed by atoms with Gasteiger partial charge in [0.25, 0.3) is 0 Å². The van der Waals surface area contributed by atoms with Crippen LogP contribution in [-0.4, -0.2) is 65.1 Å². The molecule has 2 aliphatic rings. The molecule has 2 aromatic carbocycles. The third-order valence-electron chi connectivity index (χ3n) is 6.91. The Morgan fingerprint density at radius 1 is 0.897 bits per heavy atom. The number of aromatic amines is 1. The van der Waals surface area contributed by atoms with Crippen LogP contribution < -0.4 is 0 Å². The van der Waals surface area contributed by atoms with E-state index in [0.29, 0.717) is 18.1 Å². The molecule has 8 nitrogen and oxygen atoms in total. The molecule has 1 aliphatic heterocycles. The average Bonchev–Trinajstić information content (AvgIpc) is 3.50. The summed E-state index contributed by atoms with van der Waals surface area (Å²) in [5.74, 6) is -0.871. The van der Waals surface area contributed by atoms with Gasteiger partial charge in [0.05, 0.1) is 22.2 Å². The molecule has 39 heavy (non-hydrogen) atoms. The van der Waals surface area contributed by atoms with Crippen LogP contribution in [-0.2, 0) is 27.2 Å². The summed E-state index contributed by atoms with van der Waals surface area (Å²) in [6.45, 7) is -0.185. The molecule has 1 saturated carbocycles. The maximum atomic E-state index is 13.5. The van der Waals surface area contributed by atoms with E-state index in [1.807, 2.05) is 0 Å². The molecular weight excluding hydrogens is 552 g/mol. The highest BCUT2D eigenvalue weighted by Gasteiger charge is 2.47. The number of nitrogens with zero attached hydrogens (tertiary/aromatic N) is 4. The first-order valence-electron chi connectivity index (χ1n) is 11.8. The largest absolute Gasteiger partial charge is 0.416 e. The smallest absolute Gasteiger partial charge is 0.340 e. The van der Waals surface area contributed by atoms with E-state index >= 15 is 0 Å². The zero-order chi connectivity index (χ0) is 28.2. The van der Waals surface area contributed by atoms with Crippen molar-refractivity contribution in [2.75, 3.05) is 26.2 Å². The van der Waals surface area contributed by atoms with Gasteiger partial charge in [-0.15, -0.1) is 0 Å². The average molecular weight is 574 g/mol. The van der Waals surface area contributed by atoms with Gasteiger partial charge in [0.2, 0.25) is 15.9 Å². The van der Waals surface area contributed by atoms with Gasteiger partial charge in [-0.1, -0.05) is 12.1 Å². The number of H-pyrrole nitrogens is 1. The van der Waals surface area contributed by atoms with Crippen LogP contribution in [0.1, 0.15) is 29.0 Å². The maximum absolute atomic E-state index is 13.5. The van der Waals surface area contributed by atoms with Gasteiger partial charge in [-0.2, -0.15) is 46.1 Å². The van der Waals surface area contributed by atoms with Gasteiger partial charge in [-0.25, -0.2) is 8.42 Å². The van der Waals surface area contributed by atoms with Crippen molar-refractivity contribution in [2.24, 2.45) is 5.92 Å². The standard InChI is InChI=1S/C24H21F6N5O3S/c25-23(26,27)16-3-1-14(2-4-16)19-12-20(19)22(36)34-5-7-35(8-6-34)39(37,38)18-10-15(21-13-31-33-32-21)9-17(11-18)24(28,29)30/h1-4,9-11,13,19-20H,5-8,12H2,(H,31,32,33)/t19-,20+/m0/s1. The van der Waals surface area contributed by atoms with Gasteiger partial charge < -0.3 is 4.90 Å². The number of carbonyl (C=O) groups is 1. The van der Waals surface area contributed by atoms with Crippen LogP contribution in [0, 0.1) is 5.92 Å². The number of hydrogen-bond acceptors (Lipinski definition) is 5. The lowest BCUT2D eigenvalue weighted by Gasteiger charge is -2.34. The number of hydrogen-bond donors (Lipinski definition) is 1. The van der Waals surface area contributed by atoms with E-state index in [-0.39, 0.29) is 49.3 Å². The summed E-state index contributed by atoms with van der Waals surface area (Å²) in [6, 6.07) is 7.10. The first-order valence-corrected chi connectivity index (χ1v) is 13.2. The number of carbonyl (C=O) groups excluding carboxylic acids is 1. The first kappa shape index (κ1) is 27.1. The van der Waals surface area contributed by atoms with Gasteiger partial charge in [-0.05, 0) is 48.2 Å². The van der Waals surface area contributed by atoms with Crippen molar-refractivity contribution in [3.05, 3.63) is 65.4 Å². The van der Waals surface area contributed by atoms with Crippen molar-refractivity contribution in [3.63, 3.8) is 0 Å². The van der Waals surface area contributed by atoms with Crippen molar-refractivity contribution >= 4 is 15.9 Å². The van der Waals surface area contributed by atoms with E-state index in [9.17, 15) is 39.6 Å². The summed E-state index contributed by atoms with van der Waals surface area (Å²) >= 11 is 0. The fourth-order valence-corrected chi connectivity index (χ4v) is 6.18. The van der Waals surface area contributed by atoms with E-state index in [1.165, 1.54) is 23.2 Å². The molecule has 5 rings (SSSR count). The Kier molecular flexibility index (Phi) is 6.69. The molecular formula is C24H21F6N5O3S.